The van der Waals surface area contributed by atoms with Gasteiger partial charge in [-0.3, -0.25) is 0 Å². The third-order valence-corrected chi connectivity index (χ3v) is 9.74. The highest BCUT2D eigenvalue weighted by Crippen LogP contribution is 2.67. The summed E-state index contributed by atoms with van der Waals surface area (Å²) >= 11 is 0. The number of hydrogen-bond donors (Lipinski definition) is 4. The molecule has 5 aliphatic rings. The van der Waals surface area contributed by atoms with E-state index in [0.29, 0.717) is 5.92 Å². The minimum Gasteiger partial charge on any atom is -0.396 e. The maximum Gasteiger partial charge on any atom is 0.141 e. The van der Waals surface area contributed by atoms with E-state index in [-0.39, 0.29) is 47.9 Å². The monoisotopic (exact) mass is 430 g/mol. The minimum atomic E-state index is -0.601. The number of hydrogen-bond acceptors (Lipinski definition) is 6. The lowest BCUT2D eigenvalue weighted by atomic mass is 9.44. The summed E-state index contributed by atoms with van der Waals surface area (Å²) in [7, 11) is 0. The van der Waals surface area contributed by atoms with Gasteiger partial charge in [0.05, 0.1) is 25.0 Å². The number of fused-ring (bicyclic) bond motifs is 5. The number of nitrogens with zero attached hydrogens (tertiary/aromatic N) is 1. The summed E-state index contributed by atoms with van der Waals surface area (Å²) in [6, 6.07) is 0. The van der Waals surface area contributed by atoms with Crippen molar-refractivity contribution in [3.63, 3.8) is 0 Å². The van der Waals surface area contributed by atoms with Gasteiger partial charge in [0, 0.05) is 24.3 Å². The van der Waals surface area contributed by atoms with Crippen LogP contribution in [0.15, 0.2) is 29.0 Å². The number of aliphatic hydroxyl groups excluding tert-OH is 3. The Morgan fingerprint density at radius 2 is 2.03 bits per heavy atom. The first kappa shape index (κ1) is 21.6. The highest BCUT2D eigenvalue weighted by atomic mass is 16.6. The van der Waals surface area contributed by atoms with Gasteiger partial charge in [0.2, 0.25) is 0 Å². The zero-order valence-electron chi connectivity index (χ0n) is 18.7. The van der Waals surface area contributed by atoms with Crippen molar-refractivity contribution in [2.45, 2.75) is 64.1 Å². The van der Waals surface area contributed by atoms with Crippen LogP contribution in [0.3, 0.4) is 0 Å². The van der Waals surface area contributed by atoms with Crippen LogP contribution in [0.4, 0.5) is 0 Å². The van der Waals surface area contributed by atoms with E-state index in [1.54, 1.807) is 0 Å². The molecule has 4 aliphatic carbocycles. The first-order chi connectivity index (χ1) is 14.9. The van der Waals surface area contributed by atoms with E-state index in [1.807, 2.05) is 6.08 Å². The summed E-state index contributed by atoms with van der Waals surface area (Å²) in [5, 5.41) is 40.4. The molecule has 1 heterocycles. The molecule has 31 heavy (non-hydrogen) atoms. The van der Waals surface area contributed by atoms with E-state index in [1.165, 1.54) is 5.57 Å². The standard InChI is InChI=1S/C25H38N2O4/c1-15-3-4-19-22-20(6-8-24(15,19)2)25(14-29)9-5-16(27-31-17-7-10-26-12-17)11-21(25)18(13-28)23(22)30/h11,17-20,22-23,26,28-30H,1,3-10,12-14H2,2H3/t17?,18-,19?,20?,22?,23-,24-,25+/m1/s1. The molecule has 8 atom stereocenters. The van der Waals surface area contributed by atoms with Crippen LogP contribution in [0.5, 0.6) is 0 Å². The van der Waals surface area contributed by atoms with Gasteiger partial charge in [0.1, 0.15) is 6.10 Å². The Kier molecular flexibility index (Phi) is 5.57. The highest BCUT2D eigenvalue weighted by Gasteiger charge is 2.63. The van der Waals surface area contributed by atoms with Crippen molar-refractivity contribution in [3.8, 4) is 0 Å². The normalized spacial score (nSPS) is 48.2. The summed E-state index contributed by atoms with van der Waals surface area (Å²) in [4.78, 5) is 5.76. The average Bonchev–Trinajstić information content (AvgIpc) is 3.40. The molecule has 4 unspecified atom stereocenters. The SMILES string of the molecule is C=C1CCC2C3C(CC[C@]12C)[C@@]1(CO)CCC(=NOC2CCNC2)C=C1[C@@H](CO)[C@H]3O. The number of aliphatic hydroxyl groups is 3. The van der Waals surface area contributed by atoms with Crippen molar-refractivity contribution in [1.82, 2.24) is 5.32 Å². The van der Waals surface area contributed by atoms with E-state index in [4.69, 9.17) is 4.84 Å². The van der Waals surface area contributed by atoms with Crippen molar-refractivity contribution in [2.24, 2.45) is 39.7 Å². The molecule has 172 valence electrons. The highest BCUT2D eigenvalue weighted by molar-refractivity contribution is 5.96. The summed E-state index contributed by atoms with van der Waals surface area (Å²) < 4.78 is 0. The molecule has 1 aliphatic heterocycles. The maximum atomic E-state index is 11.6. The van der Waals surface area contributed by atoms with Gasteiger partial charge in [-0.1, -0.05) is 29.8 Å². The molecule has 0 amide bonds. The van der Waals surface area contributed by atoms with Crippen LogP contribution < -0.4 is 5.32 Å². The molecule has 4 N–H and O–H groups in total. The number of allylic oxidation sites excluding steroid dienone is 2. The van der Waals surface area contributed by atoms with Gasteiger partial charge in [-0.2, -0.15) is 0 Å². The van der Waals surface area contributed by atoms with Gasteiger partial charge >= 0.3 is 0 Å². The third kappa shape index (κ3) is 3.17. The van der Waals surface area contributed by atoms with Crippen LogP contribution in [-0.2, 0) is 4.84 Å². The fourth-order valence-electron chi connectivity index (χ4n) is 7.87. The second-order valence-corrected chi connectivity index (χ2v) is 10.9. The zero-order chi connectivity index (χ0) is 21.8. The zero-order valence-corrected chi connectivity index (χ0v) is 18.7. The van der Waals surface area contributed by atoms with Crippen LogP contribution in [0.2, 0.25) is 0 Å². The molecule has 0 aromatic carbocycles. The molecule has 6 heteroatoms. The summed E-state index contributed by atoms with van der Waals surface area (Å²) in [5.41, 5.74) is 2.87. The van der Waals surface area contributed by atoms with Gasteiger partial charge in [0.25, 0.3) is 0 Å². The fourth-order valence-corrected chi connectivity index (χ4v) is 7.87. The largest absolute Gasteiger partial charge is 0.396 e. The van der Waals surface area contributed by atoms with Crippen molar-refractivity contribution < 1.29 is 20.2 Å². The van der Waals surface area contributed by atoms with E-state index in [2.05, 4.69) is 24.0 Å². The summed E-state index contributed by atoms with van der Waals surface area (Å²) in [5.74, 6) is 0.343. The quantitative estimate of drug-likeness (QED) is 0.406. The predicted octanol–water partition coefficient (Wildman–Crippen LogP) is 2.40. The fraction of sp³-hybridized carbons (Fsp3) is 0.800. The van der Waals surface area contributed by atoms with Crippen LogP contribution in [0, 0.1) is 34.5 Å². The Morgan fingerprint density at radius 1 is 1.19 bits per heavy atom. The number of oxime groups is 1. The van der Waals surface area contributed by atoms with Gasteiger partial charge in [-0.15, -0.1) is 0 Å². The molecule has 0 aromatic heterocycles. The Bertz CT molecular complexity index is 788. The van der Waals surface area contributed by atoms with Crippen molar-refractivity contribution in [3.05, 3.63) is 23.8 Å². The van der Waals surface area contributed by atoms with E-state index < -0.39 is 6.10 Å². The Hall–Kier alpha value is -1.21. The Balaban J connectivity index is 1.50. The first-order valence-corrected chi connectivity index (χ1v) is 12.2. The van der Waals surface area contributed by atoms with Crippen LogP contribution in [0.1, 0.15) is 51.9 Å². The molecule has 5 rings (SSSR count). The molecule has 1 saturated heterocycles. The molecular formula is C25H38N2O4. The lowest BCUT2D eigenvalue weighted by Gasteiger charge is -2.61. The van der Waals surface area contributed by atoms with Crippen LogP contribution in [-0.4, -0.2) is 59.5 Å². The maximum absolute atomic E-state index is 11.6. The third-order valence-electron chi connectivity index (χ3n) is 9.74. The minimum absolute atomic E-state index is 0.0638. The number of rotatable bonds is 4. The predicted molar refractivity (Wildman–Crippen MR) is 119 cm³/mol. The Morgan fingerprint density at radius 3 is 2.74 bits per heavy atom. The van der Waals surface area contributed by atoms with E-state index >= 15 is 0 Å². The Labute approximate surface area is 185 Å². The van der Waals surface area contributed by atoms with Crippen molar-refractivity contribution in [2.75, 3.05) is 26.3 Å². The number of nitrogens with one attached hydrogen (secondary N) is 1. The first-order valence-electron chi connectivity index (χ1n) is 12.2. The molecule has 0 spiro atoms. The van der Waals surface area contributed by atoms with Crippen molar-refractivity contribution in [1.29, 1.82) is 0 Å². The summed E-state index contributed by atoms with van der Waals surface area (Å²) in [6.07, 6.45) is 8.20. The molecule has 4 fully saturated rings. The van der Waals surface area contributed by atoms with Crippen LogP contribution >= 0.6 is 0 Å². The molecule has 0 radical (unpaired) electrons. The second-order valence-electron chi connectivity index (χ2n) is 10.9. The van der Waals surface area contributed by atoms with Gasteiger partial charge in [-0.05, 0) is 74.3 Å². The lowest BCUT2D eigenvalue weighted by molar-refractivity contribution is -0.136. The second kappa shape index (κ2) is 7.98. The molecule has 0 bridgehead atoms. The van der Waals surface area contributed by atoms with Gasteiger partial charge < -0.3 is 25.5 Å². The molecule has 6 nitrogen and oxygen atoms in total. The smallest absolute Gasteiger partial charge is 0.141 e. The topological polar surface area (TPSA) is 94.3 Å². The average molecular weight is 431 g/mol. The molecule has 3 saturated carbocycles. The van der Waals surface area contributed by atoms with E-state index in [9.17, 15) is 15.3 Å². The van der Waals surface area contributed by atoms with Gasteiger partial charge in [-0.25, -0.2) is 0 Å². The molecule has 0 aromatic rings. The van der Waals surface area contributed by atoms with Crippen LogP contribution in [0.25, 0.3) is 0 Å². The van der Waals surface area contributed by atoms with E-state index in [0.717, 1.165) is 69.3 Å². The molecular weight excluding hydrogens is 392 g/mol. The van der Waals surface area contributed by atoms with Crippen molar-refractivity contribution >= 4 is 5.71 Å². The lowest BCUT2D eigenvalue weighted by Crippen LogP contribution is -2.60. The van der Waals surface area contributed by atoms with Gasteiger partial charge in [0.15, 0.2) is 0 Å². The summed E-state index contributed by atoms with van der Waals surface area (Å²) in [6.45, 7) is 8.42.